The fourth-order valence-electron chi connectivity index (χ4n) is 7.13. The highest BCUT2D eigenvalue weighted by Crippen LogP contribution is 2.50. The lowest BCUT2D eigenvalue weighted by Gasteiger charge is -2.41. The second-order valence-corrected chi connectivity index (χ2v) is 12.0. The average molecular weight is 568 g/mol. The Kier molecular flexibility index (Phi) is 7.98. The molecule has 0 heterocycles. The van der Waals surface area contributed by atoms with E-state index in [1.807, 2.05) is 66.5 Å². The zero-order chi connectivity index (χ0) is 29.2. The van der Waals surface area contributed by atoms with E-state index in [9.17, 15) is 19.5 Å². The van der Waals surface area contributed by atoms with Crippen LogP contribution >= 0.6 is 0 Å². The van der Waals surface area contributed by atoms with E-state index < -0.39 is 18.1 Å². The van der Waals surface area contributed by atoms with E-state index >= 15 is 0 Å². The Balaban J connectivity index is 1.11. The third kappa shape index (κ3) is 5.77. The molecule has 3 aromatic carbocycles. The number of aliphatic carboxylic acids is 1. The Labute approximate surface area is 246 Å². The van der Waals surface area contributed by atoms with Crippen LogP contribution in [0.1, 0.15) is 41.9 Å². The van der Waals surface area contributed by atoms with Gasteiger partial charge in [-0.15, -0.1) is 0 Å². The first kappa shape index (κ1) is 28.0. The van der Waals surface area contributed by atoms with Gasteiger partial charge in [0.25, 0.3) is 0 Å². The number of carboxylic acid groups (broad SMARTS) is 1. The number of likely N-dealkylation sites (N-methyl/N-ethyl adjacent to an activating group) is 1. The van der Waals surface area contributed by atoms with Crippen LogP contribution < -0.4 is 10.6 Å². The summed E-state index contributed by atoms with van der Waals surface area (Å²) in [6.07, 6.45) is 1.40. The lowest BCUT2D eigenvalue weighted by Crippen LogP contribution is -2.58. The number of fused-ring (bicyclic) bond motifs is 4. The normalized spacial score (nSPS) is 22.8. The lowest BCUT2D eigenvalue weighted by molar-refractivity contribution is -0.141. The van der Waals surface area contributed by atoms with E-state index in [2.05, 4.69) is 34.9 Å². The molecule has 0 bridgehead atoms. The summed E-state index contributed by atoms with van der Waals surface area (Å²) in [4.78, 5) is 40.2. The molecule has 0 aliphatic heterocycles. The van der Waals surface area contributed by atoms with Gasteiger partial charge in [0.05, 0.1) is 5.92 Å². The molecule has 8 nitrogen and oxygen atoms in total. The third-order valence-corrected chi connectivity index (χ3v) is 9.24. The molecule has 2 saturated carbocycles. The molecule has 3 aliphatic rings. The molecule has 0 saturated heterocycles. The molecule has 3 N–H and O–H groups in total. The Morgan fingerprint density at radius 2 is 1.55 bits per heavy atom. The molecule has 218 valence electrons. The maximum atomic E-state index is 13.5. The van der Waals surface area contributed by atoms with Gasteiger partial charge in [-0.2, -0.15) is 0 Å². The first-order valence-electron chi connectivity index (χ1n) is 14.7. The predicted octanol–water partition coefficient (Wildman–Crippen LogP) is 4.64. The van der Waals surface area contributed by atoms with Crippen molar-refractivity contribution in [2.75, 3.05) is 20.2 Å². The van der Waals surface area contributed by atoms with E-state index in [4.69, 9.17) is 4.74 Å². The van der Waals surface area contributed by atoms with Crippen molar-refractivity contribution in [1.29, 1.82) is 0 Å². The van der Waals surface area contributed by atoms with Crippen LogP contribution in [0.4, 0.5) is 4.79 Å². The van der Waals surface area contributed by atoms with Crippen LogP contribution in [0.15, 0.2) is 78.9 Å². The van der Waals surface area contributed by atoms with Crippen molar-refractivity contribution in [1.82, 2.24) is 15.5 Å². The molecule has 0 radical (unpaired) electrons. The van der Waals surface area contributed by atoms with Gasteiger partial charge in [0.15, 0.2) is 0 Å². The van der Waals surface area contributed by atoms with Gasteiger partial charge in [-0.1, -0.05) is 78.9 Å². The molecule has 6 rings (SSSR count). The fraction of sp³-hybridized carbons (Fsp3) is 0.382. The smallest absolute Gasteiger partial charge is 0.407 e. The molecule has 5 atom stereocenters. The summed E-state index contributed by atoms with van der Waals surface area (Å²) in [7, 11) is 1.92. The third-order valence-electron chi connectivity index (χ3n) is 9.24. The molecular formula is C34H37N3O5. The first-order valence-corrected chi connectivity index (χ1v) is 14.7. The number of amides is 2. The van der Waals surface area contributed by atoms with Crippen molar-refractivity contribution in [3.8, 4) is 11.1 Å². The van der Waals surface area contributed by atoms with Gasteiger partial charge < -0.3 is 20.5 Å². The van der Waals surface area contributed by atoms with Crippen molar-refractivity contribution in [2.24, 2.45) is 17.8 Å². The van der Waals surface area contributed by atoms with Crippen LogP contribution in [0.3, 0.4) is 0 Å². The van der Waals surface area contributed by atoms with Crippen LogP contribution in [0, 0.1) is 17.8 Å². The number of carbonyl (C=O) groups is 3. The quantitative estimate of drug-likeness (QED) is 0.330. The Bertz CT molecular complexity index is 1410. The highest BCUT2D eigenvalue weighted by atomic mass is 16.5. The van der Waals surface area contributed by atoms with Crippen molar-refractivity contribution in [2.45, 2.75) is 43.8 Å². The van der Waals surface area contributed by atoms with Crippen molar-refractivity contribution in [3.63, 3.8) is 0 Å². The maximum Gasteiger partial charge on any atom is 0.407 e. The second-order valence-electron chi connectivity index (χ2n) is 12.0. The van der Waals surface area contributed by atoms with E-state index in [1.54, 1.807) is 0 Å². The largest absolute Gasteiger partial charge is 0.481 e. The van der Waals surface area contributed by atoms with E-state index in [0.29, 0.717) is 31.8 Å². The van der Waals surface area contributed by atoms with Gasteiger partial charge in [0.1, 0.15) is 12.6 Å². The molecule has 3 aromatic rings. The zero-order valence-corrected chi connectivity index (χ0v) is 23.7. The number of rotatable bonds is 10. The zero-order valence-electron chi connectivity index (χ0n) is 23.7. The molecule has 0 aromatic heterocycles. The molecule has 2 fully saturated rings. The van der Waals surface area contributed by atoms with Crippen molar-refractivity contribution < 1.29 is 24.2 Å². The minimum atomic E-state index is -0.829. The van der Waals surface area contributed by atoms with Crippen LogP contribution in [0.5, 0.6) is 0 Å². The Hall–Kier alpha value is -4.17. The topological polar surface area (TPSA) is 108 Å². The maximum absolute atomic E-state index is 13.5. The highest BCUT2D eigenvalue weighted by Gasteiger charge is 2.50. The molecule has 42 heavy (non-hydrogen) atoms. The van der Waals surface area contributed by atoms with E-state index in [-0.39, 0.29) is 36.3 Å². The van der Waals surface area contributed by atoms with Gasteiger partial charge >= 0.3 is 12.1 Å². The number of hydrogen-bond donors (Lipinski definition) is 3. The van der Waals surface area contributed by atoms with Crippen LogP contribution in [0.2, 0.25) is 0 Å². The number of carboxylic acids is 1. The summed E-state index contributed by atoms with van der Waals surface area (Å²) in [5.41, 5.74) is 5.65. The molecule has 3 aliphatic carbocycles. The van der Waals surface area contributed by atoms with Gasteiger partial charge in [0, 0.05) is 25.0 Å². The van der Waals surface area contributed by atoms with Crippen molar-refractivity contribution in [3.05, 3.63) is 95.6 Å². The molecule has 2 amide bonds. The fourth-order valence-corrected chi connectivity index (χ4v) is 7.13. The monoisotopic (exact) mass is 567 g/mol. The first-order chi connectivity index (χ1) is 20.4. The van der Waals surface area contributed by atoms with Crippen LogP contribution in [0.25, 0.3) is 11.1 Å². The van der Waals surface area contributed by atoms with Gasteiger partial charge in [0.2, 0.25) is 5.91 Å². The number of alkyl carbamates (subject to hydrolysis) is 1. The Morgan fingerprint density at radius 1 is 0.905 bits per heavy atom. The minimum absolute atomic E-state index is 0.0712. The number of ether oxygens (including phenoxy) is 1. The lowest BCUT2D eigenvalue weighted by atomic mass is 9.71. The molecule has 5 unspecified atom stereocenters. The summed E-state index contributed by atoms with van der Waals surface area (Å²) in [5.74, 6) is -0.934. The molecule has 8 heteroatoms. The van der Waals surface area contributed by atoms with Crippen LogP contribution in [-0.4, -0.2) is 60.3 Å². The standard InChI is InChI=1S/C34H37N3O5/c1-37(18-21-9-3-2-4-10-21)19-31(32(38)35-30-17-22-15-23(33(39)40)16-28(22)30)36-34(41)42-20-29-26-13-7-5-11-24(26)25-12-6-8-14-27(25)29/h2-14,22-23,28-31H,15-20H2,1H3,(H,35,38)(H,36,41)(H,39,40). The van der Waals surface area contributed by atoms with Gasteiger partial charge in [-0.05, 0) is 66.0 Å². The molecule has 0 spiro atoms. The number of nitrogens with one attached hydrogen (secondary N) is 2. The number of carbonyl (C=O) groups excluding carboxylic acids is 2. The number of nitrogens with zero attached hydrogens (tertiary/aromatic N) is 1. The summed E-state index contributed by atoms with van der Waals surface area (Å²) >= 11 is 0. The second kappa shape index (κ2) is 12.0. The summed E-state index contributed by atoms with van der Waals surface area (Å²) in [6, 6.07) is 25.4. The van der Waals surface area contributed by atoms with Gasteiger partial charge in [-0.25, -0.2) is 4.79 Å². The summed E-state index contributed by atoms with van der Waals surface area (Å²) < 4.78 is 5.76. The summed E-state index contributed by atoms with van der Waals surface area (Å²) in [6.45, 7) is 1.08. The number of hydrogen-bond acceptors (Lipinski definition) is 5. The highest BCUT2D eigenvalue weighted by molar-refractivity contribution is 5.86. The SMILES string of the molecule is CN(Cc1ccccc1)CC(NC(=O)OCC1c2ccccc2-c2ccccc21)C(=O)NC1CC2CC(C(=O)O)CC21. The summed E-state index contributed by atoms with van der Waals surface area (Å²) in [5, 5.41) is 15.4. The minimum Gasteiger partial charge on any atom is -0.481 e. The number of benzene rings is 3. The Morgan fingerprint density at radius 3 is 2.21 bits per heavy atom. The van der Waals surface area contributed by atoms with E-state index in [0.717, 1.165) is 34.2 Å². The van der Waals surface area contributed by atoms with Crippen LogP contribution in [-0.2, 0) is 20.9 Å². The van der Waals surface area contributed by atoms with Crippen molar-refractivity contribution >= 4 is 18.0 Å². The molecular weight excluding hydrogens is 530 g/mol. The van der Waals surface area contributed by atoms with Gasteiger partial charge in [-0.3, -0.25) is 14.5 Å². The predicted molar refractivity (Wildman–Crippen MR) is 159 cm³/mol. The van der Waals surface area contributed by atoms with E-state index in [1.165, 1.54) is 0 Å². The average Bonchev–Trinajstić information content (AvgIpc) is 3.49.